The van der Waals surface area contributed by atoms with Crippen LogP contribution >= 0.6 is 0 Å². The van der Waals surface area contributed by atoms with Gasteiger partial charge in [0.25, 0.3) is 5.91 Å². The van der Waals surface area contributed by atoms with Gasteiger partial charge in [-0.25, -0.2) is 9.97 Å². The molecule has 122 valence electrons. The molecule has 0 unspecified atom stereocenters. The van der Waals surface area contributed by atoms with E-state index in [2.05, 4.69) is 39.7 Å². The second-order valence-corrected chi connectivity index (χ2v) is 6.60. The number of carbonyl (C=O) groups is 1. The third-order valence-corrected chi connectivity index (χ3v) is 3.19. The van der Waals surface area contributed by atoms with Gasteiger partial charge in [0, 0.05) is 16.9 Å². The Balaban J connectivity index is 2.20. The van der Waals surface area contributed by atoms with E-state index in [4.69, 9.17) is 0 Å². The fraction of sp³-hybridized carbons (Fsp3) is 0.389. The lowest BCUT2D eigenvalue weighted by Crippen LogP contribution is -2.41. The Morgan fingerprint density at radius 3 is 2.35 bits per heavy atom. The molecule has 1 aromatic carbocycles. The number of aromatic nitrogens is 2. The molecule has 23 heavy (non-hydrogen) atoms. The highest BCUT2D eigenvalue weighted by Crippen LogP contribution is 2.15. The number of rotatable bonds is 4. The summed E-state index contributed by atoms with van der Waals surface area (Å²) in [5.41, 5.74) is 2.97. The van der Waals surface area contributed by atoms with Gasteiger partial charge in [0.2, 0.25) is 5.95 Å². The molecule has 1 amide bonds. The van der Waals surface area contributed by atoms with Crippen LogP contribution in [0.25, 0.3) is 0 Å². The normalized spacial score (nSPS) is 11.2. The van der Waals surface area contributed by atoms with Crippen LogP contribution in [0.15, 0.2) is 30.3 Å². The van der Waals surface area contributed by atoms with Gasteiger partial charge in [0.05, 0.1) is 0 Å². The smallest absolute Gasteiger partial charge is 0.270 e. The van der Waals surface area contributed by atoms with Crippen LogP contribution in [-0.2, 0) is 6.42 Å². The average molecular weight is 312 g/mol. The van der Waals surface area contributed by atoms with E-state index in [9.17, 15) is 4.79 Å². The molecule has 2 N–H and O–H groups in total. The Morgan fingerprint density at radius 2 is 1.78 bits per heavy atom. The quantitative estimate of drug-likeness (QED) is 0.905. The molecule has 2 rings (SSSR count). The Hall–Kier alpha value is -2.43. The summed E-state index contributed by atoms with van der Waals surface area (Å²) in [4.78, 5) is 20.9. The summed E-state index contributed by atoms with van der Waals surface area (Å²) in [7, 11) is 0. The predicted octanol–water partition coefficient (Wildman–Crippen LogP) is 3.62. The SMILES string of the molecule is CCc1ccc(Nc2nc(C)cc(C(=O)NC(C)(C)C)n2)cc1. The van der Waals surface area contributed by atoms with E-state index in [0.29, 0.717) is 11.6 Å². The zero-order chi connectivity index (χ0) is 17.0. The van der Waals surface area contributed by atoms with E-state index in [1.165, 1.54) is 5.56 Å². The number of anilines is 2. The fourth-order valence-corrected chi connectivity index (χ4v) is 2.10. The molecule has 0 aliphatic heterocycles. The maximum absolute atomic E-state index is 12.3. The van der Waals surface area contributed by atoms with Crippen molar-refractivity contribution in [3.8, 4) is 0 Å². The first-order valence-corrected chi connectivity index (χ1v) is 7.81. The number of benzene rings is 1. The predicted molar refractivity (Wildman–Crippen MR) is 93.1 cm³/mol. The first-order chi connectivity index (χ1) is 10.8. The number of aryl methyl sites for hydroxylation is 2. The number of hydrogen-bond donors (Lipinski definition) is 2. The summed E-state index contributed by atoms with van der Waals surface area (Å²) in [6.45, 7) is 9.78. The maximum atomic E-state index is 12.3. The molecule has 0 aliphatic rings. The highest BCUT2D eigenvalue weighted by Gasteiger charge is 2.17. The lowest BCUT2D eigenvalue weighted by molar-refractivity contribution is 0.0914. The minimum Gasteiger partial charge on any atom is -0.346 e. The molecular formula is C18H24N4O. The third kappa shape index (κ3) is 5.06. The van der Waals surface area contributed by atoms with Crippen molar-refractivity contribution < 1.29 is 4.79 Å². The lowest BCUT2D eigenvalue weighted by Gasteiger charge is -2.20. The van der Waals surface area contributed by atoms with Crippen LogP contribution in [0.3, 0.4) is 0 Å². The van der Waals surface area contributed by atoms with Crippen LogP contribution in [0.5, 0.6) is 0 Å². The molecule has 5 heteroatoms. The molecule has 0 bridgehead atoms. The van der Waals surface area contributed by atoms with Crippen molar-refractivity contribution in [2.24, 2.45) is 0 Å². The summed E-state index contributed by atoms with van der Waals surface area (Å²) in [6, 6.07) is 9.78. The first kappa shape index (κ1) is 16.9. The van der Waals surface area contributed by atoms with Crippen molar-refractivity contribution >= 4 is 17.5 Å². The van der Waals surface area contributed by atoms with E-state index in [-0.39, 0.29) is 11.4 Å². The molecule has 0 spiro atoms. The molecule has 5 nitrogen and oxygen atoms in total. The van der Waals surface area contributed by atoms with E-state index in [1.54, 1.807) is 6.07 Å². The zero-order valence-corrected chi connectivity index (χ0v) is 14.4. The fourth-order valence-electron chi connectivity index (χ4n) is 2.10. The Bertz CT molecular complexity index is 687. The molecule has 0 radical (unpaired) electrons. The summed E-state index contributed by atoms with van der Waals surface area (Å²) in [5, 5.41) is 6.06. The van der Waals surface area contributed by atoms with Crippen molar-refractivity contribution in [2.45, 2.75) is 46.6 Å². The molecule has 1 aromatic heterocycles. The second-order valence-electron chi connectivity index (χ2n) is 6.60. The first-order valence-electron chi connectivity index (χ1n) is 7.81. The average Bonchev–Trinajstić information content (AvgIpc) is 2.45. The monoisotopic (exact) mass is 312 g/mol. The molecule has 0 saturated heterocycles. The second kappa shape index (κ2) is 6.77. The van der Waals surface area contributed by atoms with E-state index < -0.39 is 0 Å². The van der Waals surface area contributed by atoms with Crippen molar-refractivity contribution in [3.05, 3.63) is 47.3 Å². The highest BCUT2D eigenvalue weighted by atomic mass is 16.2. The van der Waals surface area contributed by atoms with Gasteiger partial charge in [-0.3, -0.25) is 4.79 Å². The molecule has 0 saturated carbocycles. The van der Waals surface area contributed by atoms with Crippen LogP contribution < -0.4 is 10.6 Å². The minimum atomic E-state index is -0.306. The standard InChI is InChI=1S/C18H24N4O/c1-6-13-7-9-14(10-8-13)20-17-19-12(2)11-15(21-17)16(23)22-18(3,4)5/h7-11H,6H2,1-5H3,(H,22,23)(H,19,20,21). The zero-order valence-electron chi connectivity index (χ0n) is 14.4. The molecule has 0 aliphatic carbocycles. The molecule has 1 heterocycles. The number of amides is 1. The van der Waals surface area contributed by atoms with Crippen LogP contribution in [0.1, 0.15) is 49.4 Å². The number of nitrogens with zero attached hydrogens (tertiary/aromatic N) is 2. The largest absolute Gasteiger partial charge is 0.346 e. The summed E-state index contributed by atoms with van der Waals surface area (Å²) < 4.78 is 0. The van der Waals surface area contributed by atoms with Crippen LogP contribution in [0.2, 0.25) is 0 Å². The number of hydrogen-bond acceptors (Lipinski definition) is 4. The Labute approximate surface area is 137 Å². The Morgan fingerprint density at radius 1 is 1.13 bits per heavy atom. The number of nitrogens with one attached hydrogen (secondary N) is 2. The van der Waals surface area contributed by atoms with Crippen molar-refractivity contribution in [1.82, 2.24) is 15.3 Å². The summed E-state index contributed by atoms with van der Waals surface area (Å²) in [6.07, 6.45) is 0.998. The van der Waals surface area contributed by atoms with Gasteiger partial charge in [0.1, 0.15) is 5.69 Å². The highest BCUT2D eigenvalue weighted by molar-refractivity contribution is 5.93. The third-order valence-electron chi connectivity index (χ3n) is 3.19. The molecular weight excluding hydrogens is 288 g/mol. The maximum Gasteiger partial charge on any atom is 0.270 e. The lowest BCUT2D eigenvalue weighted by atomic mass is 10.1. The van der Waals surface area contributed by atoms with Crippen molar-refractivity contribution in [1.29, 1.82) is 0 Å². The summed E-state index contributed by atoms with van der Waals surface area (Å²) >= 11 is 0. The Kier molecular flexibility index (Phi) is 4.98. The van der Waals surface area contributed by atoms with Gasteiger partial charge in [-0.2, -0.15) is 0 Å². The van der Waals surface area contributed by atoms with Gasteiger partial charge in [-0.05, 0) is 57.9 Å². The van der Waals surface area contributed by atoms with Gasteiger partial charge < -0.3 is 10.6 Å². The van der Waals surface area contributed by atoms with E-state index >= 15 is 0 Å². The summed E-state index contributed by atoms with van der Waals surface area (Å²) in [5.74, 6) is 0.223. The van der Waals surface area contributed by atoms with Gasteiger partial charge in [-0.1, -0.05) is 19.1 Å². The molecule has 0 fully saturated rings. The molecule has 0 atom stereocenters. The van der Waals surface area contributed by atoms with Crippen LogP contribution in [0.4, 0.5) is 11.6 Å². The van der Waals surface area contributed by atoms with E-state index in [1.807, 2.05) is 39.8 Å². The van der Waals surface area contributed by atoms with Crippen LogP contribution in [0, 0.1) is 6.92 Å². The van der Waals surface area contributed by atoms with E-state index in [0.717, 1.165) is 17.8 Å². The molecule has 2 aromatic rings. The van der Waals surface area contributed by atoms with Gasteiger partial charge in [0.15, 0.2) is 0 Å². The van der Waals surface area contributed by atoms with Gasteiger partial charge >= 0.3 is 0 Å². The van der Waals surface area contributed by atoms with Crippen molar-refractivity contribution in [3.63, 3.8) is 0 Å². The topological polar surface area (TPSA) is 66.9 Å². The number of carbonyl (C=O) groups excluding carboxylic acids is 1. The van der Waals surface area contributed by atoms with Crippen LogP contribution in [-0.4, -0.2) is 21.4 Å². The van der Waals surface area contributed by atoms with Gasteiger partial charge in [-0.15, -0.1) is 0 Å². The van der Waals surface area contributed by atoms with Crippen molar-refractivity contribution in [2.75, 3.05) is 5.32 Å². The minimum absolute atomic E-state index is 0.201.